The highest BCUT2D eigenvalue weighted by Crippen LogP contribution is 2.44. The van der Waals surface area contributed by atoms with Crippen LogP contribution in [0.3, 0.4) is 0 Å². The van der Waals surface area contributed by atoms with Gasteiger partial charge in [-0.05, 0) is 52.6 Å². The van der Waals surface area contributed by atoms with Crippen LogP contribution in [-0.4, -0.2) is 31.9 Å². The number of nitro benzene ring substituents is 1. The minimum Gasteiger partial charge on any atom is -0.507 e. The van der Waals surface area contributed by atoms with Gasteiger partial charge in [-0.25, -0.2) is 4.39 Å². The third kappa shape index (κ3) is 5.26. The molecule has 0 spiro atoms. The lowest BCUT2D eigenvalue weighted by Gasteiger charge is -2.22. The molecule has 5 aromatic rings. The Balaban J connectivity index is 1.39. The third-order valence-corrected chi connectivity index (χ3v) is 9.25. The summed E-state index contributed by atoms with van der Waals surface area (Å²) in [5, 5.41) is 33.3. The second-order valence-electron chi connectivity index (χ2n) is 9.76. The molecule has 12 heteroatoms. The van der Waals surface area contributed by atoms with Gasteiger partial charge in [-0.1, -0.05) is 77.7 Å². The van der Waals surface area contributed by atoms with Crippen LogP contribution < -0.4 is 4.90 Å². The van der Waals surface area contributed by atoms with Gasteiger partial charge < -0.3 is 5.11 Å². The molecular weight excluding hydrogens is 591 g/mol. The Bertz CT molecular complexity index is 1950. The SMILES string of the molecule is Cc1ccc(C(O)=C2C(=O)C(=O)N(c3nnc(SCc4cccc5ccccc45)s3)[C@@H]2c2ccc([N+](=O)[O-])cc2)cc1F. The van der Waals surface area contributed by atoms with Crippen molar-refractivity contribution in [3.8, 4) is 0 Å². The van der Waals surface area contributed by atoms with Crippen molar-refractivity contribution in [2.24, 2.45) is 0 Å². The first-order valence-electron chi connectivity index (χ1n) is 13.0. The highest BCUT2D eigenvalue weighted by molar-refractivity contribution is 8.00. The fourth-order valence-electron chi connectivity index (χ4n) is 4.94. The molecule has 1 amide bonds. The van der Waals surface area contributed by atoms with Crippen LogP contribution in [0.4, 0.5) is 15.2 Å². The molecule has 4 aromatic carbocycles. The number of hydrogen-bond acceptors (Lipinski definition) is 9. The number of Topliss-reactive ketones (excluding diaryl/α,β-unsaturated/α-hetero) is 1. The van der Waals surface area contributed by atoms with Crippen LogP contribution >= 0.6 is 23.1 Å². The summed E-state index contributed by atoms with van der Waals surface area (Å²) in [7, 11) is 0. The number of hydrogen-bond donors (Lipinski definition) is 1. The summed E-state index contributed by atoms with van der Waals surface area (Å²) < 4.78 is 14.9. The van der Waals surface area contributed by atoms with Gasteiger partial charge in [0.2, 0.25) is 5.13 Å². The predicted octanol–water partition coefficient (Wildman–Crippen LogP) is 6.97. The quantitative estimate of drug-likeness (QED) is 0.0397. The van der Waals surface area contributed by atoms with Crippen molar-refractivity contribution in [3.05, 3.63) is 129 Å². The second-order valence-corrected chi connectivity index (χ2v) is 11.9. The van der Waals surface area contributed by atoms with Gasteiger partial charge >= 0.3 is 5.91 Å². The fraction of sp³-hybridized carbons (Fsp3) is 0.0968. The van der Waals surface area contributed by atoms with E-state index >= 15 is 0 Å². The summed E-state index contributed by atoms with van der Waals surface area (Å²) in [5.74, 6) is -2.54. The lowest BCUT2D eigenvalue weighted by atomic mass is 9.95. The molecular formula is C31H21FN4O5S2. The number of fused-ring (bicyclic) bond motifs is 1. The van der Waals surface area contributed by atoms with Crippen molar-refractivity contribution in [2.75, 3.05) is 4.90 Å². The number of ketones is 1. The topological polar surface area (TPSA) is 127 Å². The number of halogens is 1. The Morgan fingerprint density at radius 1 is 1.05 bits per heavy atom. The van der Waals surface area contributed by atoms with Gasteiger partial charge in [-0.2, -0.15) is 0 Å². The number of nitro groups is 1. The highest BCUT2D eigenvalue weighted by Gasteiger charge is 2.48. The number of benzene rings is 4. The molecule has 1 aliphatic rings. The molecule has 0 saturated carbocycles. The zero-order chi connectivity index (χ0) is 30.2. The average Bonchev–Trinajstić information content (AvgIpc) is 3.58. The molecule has 0 bridgehead atoms. The van der Waals surface area contributed by atoms with Gasteiger partial charge in [-0.3, -0.25) is 24.6 Å². The zero-order valence-electron chi connectivity index (χ0n) is 22.4. The normalized spacial score (nSPS) is 16.2. The van der Waals surface area contributed by atoms with Crippen molar-refractivity contribution >= 4 is 62.1 Å². The molecule has 1 saturated heterocycles. The van der Waals surface area contributed by atoms with E-state index in [1.807, 2.05) is 42.5 Å². The van der Waals surface area contributed by atoms with E-state index < -0.39 is 34.2 Å². The van der Waals surface area contributed by atoms with E-state index in [9.17, 15) is 29.2 Å². The molecule has 214 valence electrons. The van der Waals surface area contributed by atoms with Gasteiger partial charge in [0.15, 0.2) is 4.34 Å². The Kier molecular flexibility index (Phi) is 7.46. The van der Waals surface area contributed by atoms with E-state index in [1.54, 1.807) is 6.92 Å². The molecule has 6 rings (SSSR count). The molecule has 9 nitrogen and oxygen atoms in total. The first-order valence-corrected chi connectivity index (χ1v) is 14.8. The Morgan fingerprint density at radius 2 is 1.79 bits per heavy atom. The van der Waals surface area contributed by atoms with E-state index in [1.165, 1.54) is 48.2 Å². The van der Waals surface area contributed by atoms with Crippen molar-refractivity contribution in [2.45, 2.75) is 23.1 Å². The minimum absolute atomic E-state index is 0.0107. The molecule has 0 unspecified atom stereocenters. The number of aliphatic hydroxyl groups is 1. The Labute approximate surface area is 252 Å². The number of nitrogens with zero attached hydrogens (tertiary/aromatic N) is 4. The van der Waals surface area contributed by atoms with Crippen molar-refractivity contribution < 1.29 is 24.0 Å². The molecule has 1 aromatic heterocycles. The summed E-state index contributed by atoms with van der Waals surface area (Å²) in [6, 6.07) is 22.1. The number of anilines is 1. The minimum atomic E-state index is -1.19. The maximum atomic E-state index is 14.4. The van der Waals surface area contributed by atoms with Gasteiger partial charge in [0.1, 0.15) is 11.6 Å². The van der Waals surface area contributed by atoms with E-state index in [2.05, 4.69) is 10.2 Å². The van der Waals surface area contributed by atoms with E-state index in [0.717, 1.165) is 38.6 Å². The number of carbonyl (C=O) groups excluding carboxylic acids is 2. The number of aryl methyl sites for hydroxylation is 1. The van der Waals surface area contributed by atoms with Gasteiger partial charge in [0.25, 0.3) is 11.5 Å². The van der Waals surface area contributed by atoms with Crippen LogP contribution in [0, 0.1) is 22.9 Å². The van der Waals surface area contributed by atoms with Crippen LogP contribution in [0.5, 0.6) is 0 Å². The zero-order valence-corrected chi connectivity index (χ0v) is 24.1. The first kappa shape index (κ1) is 28.2. The number of amides is 1. The Hall–Kier alpha value is -4.94. The fourth-order valence-corrected chi connectivity index (χ4v) is 6.81. The summed E-state index contributed by atoms with van der Waals surface area (Å²) in [6.07, 6.45) is 0. The summed E-state index contributed by atoms with van der Waals surface area (Å²) in [4.78, 5) is 38.7. The standard InChI is InChI=1S/C31H21FN4O5S2/c1-17-9-10-20(15-24(17)32)27(37)25-26(19-11-13-22(14-12-19)36(40)41)35(29(39)28(25)38)30-33-34-31(43-30)42-16-21-7-4-6-18-5-2-3-8-23(18)21/h2-15,26,37H,16H2,1H3/t26-/m1/s1. The van der Waals surface area contributed by atoms with Crippen LogP contribution in [0.25, 0.3) is 16.5 Å². The monoisotopic (exact) mass is 612 g/mol. The lowest BCUT2D eigenvalue weighted by molar-refractivity contribution is -0.384. The Morgan fingerprint density at radius 3 is 2.53 bits per heavy atom. The smallest absolute Gasteiger partial charge is 0.301 e. The van der Waals surface area contributed by atoms with E-state index in [-0.39, 0.29) is 22.0 Å². The number of carbonyl (C=O) groups is 2. The largest absolute Gasteiger partial charge is 0.507 e. The van der Waals surface area contributed by atoms with E-state index in [4.69, 9.17) is 0 Å². The van der Waals surface area contributed by atoms with Crippen LogP contribution in [-0.2, 0) is 15.3 Å². The molecule has 0 aliphatic carbocycles. The molecule has 1 N–H and O–H groups in total. The highest BCUT2D eigenvalue weighted by atomic mass is 32.2. The third-order valence-electron chi connectivity index (χ3n) is 7.14. The first-order chi connectivity index (χ1) is 20.7. The number of rotatable bonds is 7. The van der Waals surface area contributed by atoms with Gasteiger partial charge in [0, 0.05) is 23.4 Å². The summed E-state index contributed by atoms with van der Waals surface area (Å²) >= 11 is 2.53. The van der Waals surface area contributed by atoms with Crippen LogP contribution in [0.15, 0.2) is 94.8 Å². The van der Waals surface area contributed by atoms with Crippen molar-refractivity contribution in [1.29, 1.82) is 0 Å². The van der Waals surface area contributed by atoms with Crippen LogP contribution in [0.2, 0.25) is 0 Å². The van der Waals surface area contributed by atoms with Crippen LogP contribution in [0.1, 0.15) is 28.3 Å². The number of thioether (sulfide) groups is 1. The van der Waals surface area contributed by atoms with Crippen molar-refractivity contribution in [3.63, 3.8) is 0 Å². The van der Waals surface area contributed by atoms with Crippen molar-refractivity contribution in [1.82, 2.24) is 10.2 Å². The second kappa shape index (κ2) is 11.4. The lowest BCUT2D eigenvalue weighted by Crippen LogP contribution is -2.29. The average molecular weight is 613 g/mol. The van der Waals surface area contributed by atoms with Gasteiger partial charge in [0.05, 0.1) is 16.5 Å². The number of aliphatic hydroxyl groups excluding tert-OH is 1. The number of aromatic nitrogens is 2. The maximum Gasteiger partial charge on any atom is 0.301 e. The number of non-ortho nitro benzene ring substituents is 1. The molecule has 0 radical (unpaired) electrons. The summed E-state index contributed by atoms with van der Waals surface area (Å²) in [6.45, 7) is 1.56. The van der Waals surface area contributed by atoms with E-state index in [0.29, 0.717) is 21.2 Å². The molecule has 43 heavy (non-hydrogen) atoms. The molecule has 1 aliphatic heterocycles. The predicted molar refractivity (Wildman–Crippen MR) is 162 cm³/mol. The molecule has 2 heterocycles. The summed E-state index contributed by atoms with van der Waals surface area (Å²) in [5.41, 5.74) is 1.28. The molecule has 1 fully saturated rings. The molecule has 1 atom stereocenters. The maximum absolute atomic E-state index is 14.4. The van der Waals surface area contributed by atoms with Gasteiger partial charge in [-0.15, -0.1) is 10.2 Å².